The summed E-state index contributed by atoms with van der Waals surface area (Å²) in [5, 5.41) is 6.51. The molecule has 0 aliphatic heterocycles. The van der Waals surface area contributed by atoms with Crippen LogP contribution in [0.4, 0.5) is 0 Å². The van der Waals surface area contributed by atoms with Crippen LogP contribution in [0.5, 0.6) is 5.75 Å². The molecule has 1 aromatic carbocycles. The zero-order chi connectivity index (χ0) is 16.2. The van der Waals surface area contributed by atoms with Crippen LogP contribution in [0, 0.1) is 0 Å². The van der Waals surface area contributed by atoms with Gasteiger partial charge in [0, 0.05) is 25.5 Å². The molecule has 5 heteroatoms. The van der Waals surface area contributed by atoms with Crippen molar-refractivity contribution in [2.45, 2.75) is 13.3 Å². The maximum atomic E-state index is 5.65. The Morgan fingerprint density at radius 2 is 2.00 bits per heavy atom. The van der Waals surface area contributed by atoms with Gasteiger partial charge in [-0.3, -0.25) is 9.98 Å². The first-order valence-corrected chi connectivity index (χ1v) is 7.97. The van der Waals surface area contributed by atoms with Gasteiger partial charge in [0.2, 0.25) is 0 Å². The quantitative estimate of drug-likeness (QED) is 0.446. The van der Waals surface area contributed by atoms with Crippen molar-refractivity contribution in [2.75, 3.05) is 26.2 Å². The molecule has 0 saturated heterocycles. The van der Waals surface area contributed by atoms with Gasteiger partial charge in [0.15, 0.2) is 5.96 Å². The molecule has 0 amide bonds. The Hall–Kier alpha value is -2.56. The van der Waals surface area contributed by atoms with Crippen molar-refractivity contribution < 1.29 is 4.74 Å². The third kappa shape index (κ3) is 6.82. The van der Waals surface area contributed by atoms with Crippen LogP contribution in [-0.4, -0.2) is 37.2 Å². The molecule has 0 aliphatic rings. The van der Waals surface area contributed by atoms with E-state index in [0.29, 0.717) is 13.2 Å². The van der Waals surface area contributed by atoms with Crippen molar-refractivity contribution in [2.24, 2.45) is 4.99 Å². The normalized spacial score (nSPS) is 11.1. The number of hydrogen-bond acceptors (Lipinski definition) is 3. The first kappa shape index (κ1) is 16.8. The summed E-state index contributed by atoms with van der Waals surface area (Å²) in [5.41, 5.74) is 1.19. The van der Waals surface area contributed by atoms with E-state index < -0.39 is 0 Å². The van der Waals surface area contributed by atoms with Crippen LogP contribution in [0.2, 0.25) is 0 Å². The van der Waals surface area contributed by atoms with E-state index in [1.807, 2.05) is 42.6 Å². The predicted molar refractivity (Wildman–Crippen MR) is 93.9 cm³/mol. The summed E-state index contributed by atoms with van der Waals surface area (Å²) in [7, 11) is 0. The van der Waals surface area contributed by atoms with Crippen molar-refractivity contribution >= 4 is 5.96 Å². The molecule has 0 bridgehead atoms. The molecule has 122 valence electrons. The maximum absolute atomic E-state index is 5.65. The van der Waals surface area contributed by atoms with E-state index in [4.69, 9.17) is 4.74 Å². The third-order valence-electron chi connectivity index (χ3n) is 3.14. The summed E-state index contributed by atoms with van der Waals surface area (Å²) >= 11 is 0. The van der Waals surface area contributed by atoms with Gasteiger partial charge in [0.05, 0.1) is 6.54 Å². The molecule has 2 N–H and O–H groups in total. The largest absolute Gasteiger partial charge is 0.492 e. The van der Waals surface area contributed by atoms with E-state index in [0.717, 1.165) is 31.2 Å². The lowest BCUT2D eigenvalue weighted by Gasteiger charge is -2.12. The maximum Gasteiger partial charge on any atom is 0.191 e. The molecule has 0 radical (unpaired) electrons. The molecule has 0 spiro atoms. The van der Waals surface area contributed by atoms with Crippen LogP contribution in [0.1, 0.15) is 12.5 Å². The Kier molecular flexibility index (Phi) is 7.46. The smallest absolute Gasteiger partial charge is 0.191 e. The van der Waals surface area contributed by atoms with Crippen LogP contribution < -0.4 is 15.4 Å². The van der Waals surface area contributed by atoms with Crippen molar-refractivity contribution in [3.63, 3.8) is 0 Å². The summed E-state index contributed by atoms with van der Waals surface area (Å²) in [6.45, 7) is 4.91. The molecular formula is C18H24N4O. The molecule has 23 heavy (non-hydrogen) atoms. The molecule has 1 heterocycles. The number of pyridine rings is 1. The second kappa shape index (κ2) is 10.2. The average molecular weight is 312 g/mol. The van der Waals surface area contributed by atoms with Crippen LogP contribution in [0.15, 0.2) is 59.9 Å². The summed E-state index contributed by atoms with van der Waals surface area (Å²) in [6, 6.07) is 13.8. The first-order chi connectivity index (χ1) is 11.4. The number of benzene rings is 1. The third-order valence-corrected chi connectivity index (χ3v) is 3.14. The van der Waals surface area contributed by atoms with Gasteiger partial charge < -0.3 is 15.4 Å². The van der Waals surface area contributed by atoms with Crippen LogP contribution in [0.25, 0.3) is 0 Å². The topological polar surface area (TPSA) is 58.5 Å². The number of para-hydroxylation sites is 1. The number of aliphatic imine (C=N–C) groups is 1. The van der Waals surface area contributed by atoms with Crippen LogP contribution in [-0.2, 0) is 6.42 Å². The second-order valence-corrected chi connectivity index (χ2v) is 4.96. The monoisotopic (exact) mass is 312 g/mol. The number of guanidine groups is 1. The lowest BCUT2D eigenvalue weighted by atomic mass is 10.2. The van der Waals surface area contributed by atoms with Crippen molar-refractivity contribution in [1.29, 1.82) is 0 Å². The van der Waals surface area contributed by atoms with E-state index in [2.05, 4.69) is 33.6 Å². The van der Waals surface area contributed by atoms with Crippen LogP contribution >= 0.6 is 0 Å². The van der Waals surface area contributed by atoms with Gasteiger partial charge in [-0.15, -0.1) is 0 Å². The van der Waals surface area contributed by atoms with Gasteiger partial charge in [0.1, 0.15) is 12.4 Å². The van der Waals surface area contributed by atoms with Gasteiger partial charge in [-0.2, -0.15) is 0 Å². The van der Waals surface area contributed by atoms with E-state index >= 15 is 0 Å². The minimum absolute atomic E-state index is 0.594. The number of rotatable bonds is 8. The SMILES string of the molecule is CCNC(=NCCc1cccnc1)NCCOc1ccccc1. The van der Waals surface area contributed by atoms with Crippen molar-refractivity contribution in [3.05, 3.63) is 60.4 Å². The highest BCUT2D eigenvalue weighted by molar-refractivity contribution is 5.79. The summed E-state index contributed by atoms with van der Waals surface area (Å²) < 4.78 is 5.65. The Labute approximate surface area is 137 Å². The Morgan fingerprint density at radius 3 is 2.74 bits per heavy atom. The van der Waals surface area contributed by atoms with E-state index in [1.54, 1.807) is 6.20 Å². The van der Waals surface area contributed by atoms with Gasteiger partial charge in [-0.25, -0.2) is 0 Å². The number of nitrogens with one attached hydrogen (secondary N) is 2. The van der Waals surface area contributed by atoms with Crippen molar-refractivity contribution in [1.82, 2.24) is 15.6 Å². The summed E-state index contributed by atoms with van der Waals surface area (Å²) in [5.74, 6) is 1.70. The predicted octanol–water partition coefficient (Wildman–Crippen LogP) is 2.26. The highest BCUT2D eigenvalue weighted by Crippen LogP contribution is 2.07. The van der Waals surface area contributed by atoms with E-state index in [9.17, 15) is 0 Å². The fourth-order valence-electron chi connectivity index (χ4n) is 2.04. The molecule has 1 aromatic heterocycles. The minimum atomic E-state index is 0.594. The van der Waals surface area contributed by atoms with Gasteiger partial charge in [-0.05, 0) is 37.1 Å². The molecule has 2 aromatic rings. The van der Waals surface area contributed by atoms with Gasteiger partial charge >= 0.3 is 0 Å². The lowest BCUT2D eigenvalue weighted by molar-refractivity contribution is 0.322. The van der Waals surface area contributed by atoms with Gasteiger partial charge in [0.25, 0.3) is 0 Å². The standard InChI is InChI=1S/C18H24N4O/c1-2-20-18(21-12-10-16-7-6-11-19-15-16)22-13-14-23-17-8-4-3-5-9-17/h3-9,11,15H,2,10,12-14H2,1H3,(H2,20,21,22). The Bertz CT molecular complexity index is 572. The average Bonchev–Trinajstić information content (AvgIpc) is 2.60. The lowest BCUT2D eigenvalue weighted by Crippen LogP contribution is -2.39. The molecule has 2 rings (SSSR count). The zero-order valence-corrected chi connectivity index (χ0v) is 13.5. The van der Waals surface area contributed by atoms with Gasteiger partial charge in [-0.1, -0.05) is 24.3 Å². The fraction of sp³-hybridized carbons (Fsp3) is 0.333. The molecule has 0 saturated carbocycles. The number of ether oxygens (including phenoxy) is 1. The molecular weight excluding hydrogens is 288 g/mol. The summed E-state index contributed by atoms with van der Waals surface area (Å²) in [4.78, 5) is 8.68. The van der Waals surface area contributed by atoms with E-state index in [-0.39, 0.29) is 0 Å². The zero-order valence-electron chi connectivity index (χ0n) is 13.5. The molecule has 0 fully saturated rings. The molecule has 0 atom stereocenters. The summed E-state index contributed by atoms with van der Waals surface area (Å²) in [6.07, 6.45) is 4.54. The van der Waals surface area contributed by atoms with Crippen molar-refractivity contribution in [3.8, 4) is 5.75 Å². The molecule has 0 unspecified atom stereocenters. The van der Waals surface area contributed by atoms with Crippen LogP contribution in [0.3, 0.4) is 0 Å². The Morgan fingerprint density at radius 1 is 1.13 bits per heavy atom. The number of aromatic nitrogens is 1. The highest BCUT2D eigenvalue weighted by Gasteiger charge is 1.98. The first-order valence-electron chi connectivity index (χ1n) is 7.97. The number of hydrogen-bond donors (Lipinski definition) is 2. The molecule has 5 nitrogen and oxygen atoms in total. The highest BCUT2D eigenvalue weighted by atomic mass is 16.5. The molecule has 0 aliphatic carbocycles. The Balaban J connectivity index is 1.71. The fourth-order valence-corrected chi connectivity index (χ4v) is 2.04. The van der Waals surface area contributed by atoms with E-state index in [1.165, 1.54) is 5.56 Å². The second-order valence-electron chi connectivity index (χ2n) is 4.96. The number of nitrogens with zero attached hydrogens (tertiary/aromatic N) is 2. The minimum Gasteiger partial charge on any atom is -0.492 e.